The van der Waals surface area contributed by atoms with Crippen LogP contribution in [0.15, 0.2) is 18.2 Å². The Morgan fingerprint density at radius 3 is 2.53 bits per heavy atom. The fourth-order valence-electron chi connectivity index (χ4n) is 2.13. The Bertz CT molecular complexity index is 368. The van der Waals surface area contributed by atoms with Gasteiger partial charge in [-0.05, 0) is 24.7 Å². The molecule has 2 atom stereocenters. The Labute approximate surface area is 87.7 Å². The molecular formula is C11H14F2N2. The van der Waals surface area contributed by atoms with Crippen molar-refractivity contribution in [3.63, 3.8) is 0 Å². The van der Waals surface area contributed by atoms with Gasteiger partial charge in [-0.2, -0.15) is 0 Å². The number of rotatable bonds is 1. The topological polar surface area (TPSA) is 29.3 Å². The summed E-state index contributed by atoms with van der Waals surface area (Å²) in [6.07, 6.45) is 0. The highest BCUT2D eigenvalue weighted by Crippen LogP contribution is 2.26. The lowest BCUT2D eigenvalue weighted by Gasteiger charge is -2.14. The third-order valence-corrected chi connectivity index (χ3v) is 2.92. The highest BCUT2D eigenvalue weighted by molar-refractivity contribution is 5.25. The van der Waals surface area contributed by atoms with E-state index in [9.17, 15) is 8.78 Å². The smallest absolute Gasteiger partial charge is 0.159 e. The van der Waals surface area contributed by atoms with E-state index in [0.717, 1.165) is 24.7 Å². The number of likely N-dealkylation sites (tertiary alicyclic amines) is 1. The monoisotopic (exact) mass is 212 g/mol. The fourth-order valence-corrected chi connectivity index (χ4v) is 2.13. The van der Waals surface area contributed by atoms with Gasteiger partial charge in [0.05, 0.1) is 0 Å². The van der Waals surface area contributed by atoms with Crippen LogP contribution in [0.1, 0.15) is 11.5 Å². The van der Waals surface area contributed by atoms with E-state index in [1.165, 1.54) is 6.07 Å². The number of nitrogens with two attached hydrogens (primary N) is 1. The van der Waals surface area contributed by atoms with Crippen LogP contribution < -0.4 is 5.73 Å². The Morgan fingerprint density at radius 1 is 1.27 bits per heavy atom. The minimum Gasteiger partial charge on any atom is -0.326 e. The number of hydrogen-bond acceptors (Lipinski definition) is 2. The molecule has 82 valence electrons. The number of benzene rings is 1. The summed E-state index contributed by atoms with van der Waals surface area (Å²) < 4.78 is 25.8. The molecule has 1 aliphatic rings. The first-order valence-electron chi connectivity index (χ1n) is 4.97. The standard InChI is InChI=1S/C11H14F2N2/c1-15-5-8(11(14)6-15)7-2-3-9(12)10(13)4-7/h2-4,8,11H,5-6,14H2,1H3. The molecule has 4 heteroatoms. The predicted molar refractivity (Wildman–Crippen MR) is 54.6 cm³/mol. The average molecular weight is 212 g/mol. The van der Waals surface area contributed by atoms with Crippen molar-refractivity contribution in [2.75, 3.05) is 20.1 Å². The van der Waals surface area contributed by atoms with E-state index in [0.29, 0.717) is 0 Å². The predicted octanol–water partition coefficient (Wildman–Crippen LogP) is 1.32. The minimum atomic E-state index is -0.807. The molecule has 1 heterocycles. The minimum absolute atomic E-state index is 0.000128. The van der Waals surface area contributed by atoms with Crippen molar-refractivity contribution >= 4 is 0 Å². The first-order valence-corrected chi connectivity index (χ1v) is 4.97. The maximum atomic E-state index is 13.0. The highest BCUT2D eigenvalue weighted by atomic mass is 19.2. The van der Waals surface area contributed by atoms with Crippen LogP contribution in [-0.4, -0.2) is 31.1 Å². The van der Waals surface area contributed by atoms with Gasteiger partial charge >= 0.3 is 0 Å². The lowest BCUT2D eigenvalue weighted by atomic mass is 9.95. The summed E-state index contributed by atoms with van der Waals surface area (Å²) in [4.78, 5) is 2.09. The maximum absolute atomic E-state index is 13.0. The lowest BCUT2D eigenvalue weighted by molar-refractivity contribution is 0.407. The number of nitrogens with zero attached hydrogens (tertiary/aromatic N) is 1. The second-order valence-electron chi connectivity index (χ2n) is 4.17. The molecule has 2 rings (SSSR count). The maximum Gasteiger partial charge on any atom is 0.159 e. The summed E-state index contributed by atoms with van der Waals surface area (Å²) in [6, 6.07) is 4.02. The van der Waals surface area contributed by atoms with E-state index in [1.807, 2.05) is 7.05 Å². The van der Waals surface area contributed by atoms with Gasteiger partial charge in [-0.1, -0.05) is 6.07 Å². The molecule has 0 bridgehead atoms. The number of likely N-dealkylation sites (N-methyl/N-ethyl adjacent to an activating group) is 1. The number of hydrogen-bond donors (Lipinski definition) is 1. The first kappa shape index (κ1) is 10.5. The molecule has 0 saturated carbocycles. The van der Waals surface area contributed by atoms with E-state index < -0.39 is 11.6 Å². The van der Waals surface area contributed by atoms with E-state index in [1.54, 1.807) is 6.07 Å². The van der Waals surface area contributed by atoms with Crippen molar-refractivity contribution in [3.8, 4) is 0 Å². The van der Waals surface area contributed by atoms with Crippen LogP contribution in [0, 0.1) is 11.6 Å². The normalized spacial score (nSPS) is 27.2. The zero-order chi connectivity index (χ0) is 11.0. The Kier molecular flexibility index (Phi) is 2.71. The Balaban J connectivity index is 2.26. The van der Waals surface area contributed by atoms with Crippen molar-refractivity contribution < 1.29 is 8.78 Å². The van der Waals surface area contributed by atoms with Crippen LogP contribution in [0.5, 0.6) is 0 Å². The van der Waals surface area contributed by atoms with Crippen LogP contribution in [0.3, 0.4) is 0 Å². The van der Waals surface area contributed by atoms with Crippen LogP contribution in [-0.2, 0) is 0 Å². The Morgan fingerprint density at radius 2 is 2.00 bits per heavy atom. The van der Waals surface area contributed by atoms with Crippen molar-refractivity contribution in [3.05, 3.63) is 35.4 Å². The van der Waals surface area contributed by atoms with Gasteiger partial charge in [-0.25, -0.2) is 8.78 Å². The molecule has 2 unspecified atom stereocenters. The quantitative estimate of drug-likeness (QED) is 0.760. The zero-order valence-electron chi connectivity index (χ0n) is 8.58. The third-order valence-electron chi connectivity index (χ3n) is 2.92. The summed E-state index contributed by atoms with van der Waals surface area (Å²) in [6.45, 7) is 1.59. The first-order chi connectivity index (χ1) is 7.08. The van der Waals surface area contributed by atoms with Gasteiger partial charge in [-0.15, -0.1) is 0 Å². The number of halogens is 2. The molecule has 0 amide bonds. The molecule has 1 aromatic carbocycles. The molecule has 15 heavy (non-hydrogen) atoms. The molecule has 1 aromatic rings. The van der Waals surface area contributed by atoms with E-state index in [2.05, 4.69) is 4.90 Å². The molecule has 0 radical (unpaired) electrons. The van der Waals surface area contributed by atoms with Gasteiger partial charge in [-0.3, -0.25) is 0 Å². The second kappa shape index (κ2) is 3.87. The summed E-state index contributed by atoms with van der Waals surface area (Å²) in [5, 5.41) is 0. The summed E-state index contributed by atoms with van der Waals surface area (Å²) >= 11 is 0. The average Bonchev–Trinajstić information content (AvgIpc) is 2.50. The van der Waals surface area contributed by atoms with Crippen LogP contribution in [0.25, 0.3) is 0 Å². The van der Waals surface area contributed by atoms with E-state index in [4.69, 9.17) is 5.73 Å². The molecular weight excluding hydrogens is 198 g/mol. The third kappa shape index (κ3) is 2.01. The van der Waals surface area contributed by atoms with Gasteiger partial charge in [0.2, 0.25) is 0 Å². The molecule has 2 N–H and O–H groups in total. The molecule has 1 saturated heterocycles. The molecule has 0 aromatic heterocycles. The van der Waals surface area contributed by atoms with Crippen molar-refractivity contribution in [1.29, 1.82) is 0 Å². The summed E-state index contributed by atoms with van der Waals surface area (Å²) in [7, 11) is 1.97. The molecule has 0 spiro atoms. The fraction of sp³-hybridized carbons (Fsp3) is 0.455. The van der Waals surface area contributed by atoms with E-state index >= 15 is 0 Å². The largest absolute Gasteiger partial charge is 0.326 e. The zero-order valence-corrected chi connectivity index (χ0v) is 8.58. The SMILES string of the molecule is CN1CC(N)C(c2ccc(F)c(F)c2)C1. The summed E-state index contributed by atoms with van der Waals surface area (Å²) in [5.41, 5.74) is 6.71. The van der Waals surface area contributed by atoms with E-state index in [-0.39, 0.29) is 12.0 Å². The molecule has 1 fully saturated rings. The molecule has 2 nitrogen and oxygen atoms in total. The van der Waals surface area contributed by atoms with Gasteiger partial charge in [0.15, 0.2) is 11.6 Å². The van der Waals surface area contributed by atoms with Gasteiger partial charge < -0.3 is 10.6 Å². The van der Waals surface area contributed by atoms with Crippen LogP contribution in [0.2, 0.25) is 0 Å². The highest BCUT2D eigenvalue weighted by Gasteiger charge is 2.29. The van der Waals surface area contributed by atoms with Crippen molar-refractivity contribution in [1.82, 2.24) is 4.90 Å². The Hall–Kier alpha value is -1.00. The van der Waals surface area contributed by atoms with Crippen LogP contribution in [0.4, 0.5) is 8.78 Å². The summed E-state index contributed by atoms with van der Waals surface area (Å²) in [5.74, 6) is -1.50. The van der Waals surface area contributed by atoms with Crippen molar-refractivity contribution in [2.45, 2.75) is 12.0 Å². The second-order valence-corrected chi connectivity index (χ2v) is 4.17. The van der Waals surface area contributed by atoms with Gasteiger partial charge in [0, 0.05) is 25.0 Å². The van der Waals surface area contributed by atoms with Crippen molar-refractivity contribution in [2.24, 2.45) is 5.73 Å². The molecule has 1 aliphatic heterocycles. The van der Waals surface area contributed by atoms with Gasteiger partial charge in [0.1, 0.15) is 0 Å². The molecule has 0 aliphatic carbocycles. The van der Waals surface area contributed by atoms with Gasteiger partial charge in [0.25, 0.3) is 0 Å². The lowest BCUT2D eigenvalue weighted by Crippen LogP contribution is -2.27. The van der Waals surface area contributed by atoms with Crippen LogP contribution >= 0.6 is 0 Å².